The van der Waals surface area contributed by atoms with Gasteiger partial charge in [-0.25, -0.2) is 4.39 Å². The van der Waals surface area contributed by atoms with Gasteiger partial charge in [0, 0.05) is 30.4 Å². The highest BCUT2D eigenvalue weighted by molar-refractivity contribution is 8.00. The van der Waals surface area contributed by atoms with Crippen molar-refractivity contribution < 1.29 is 23.5 Å². The number of methoxy groups -OCH3 is 1. The van der Waals surface area contributed by atoms with Gasteiger partial charge in [0.1, 0.15) is 12.8 Å². The molecule has 164 valence electrons. The molecule has 0 aromatic heterocycles. The summed E-state index contributed by atoms with van der Waals surface area (Å²) in [5.41, 5.74) is -0.405. The Balaban J connectivity index is 1.14. The number of thioether (sulfide) groups is 1. The van der Waals surface area contributed by atoms with Gasteiger partial charge < -0.3 is 20.1 Å². The Hall–Kier alpha value is -0.610. The summed E-state index contributed by atoms with van der Waals surface area (Å²) >= 11 is 7.57. The average Bonchev–Trinajstić information content (AvgIpc) is 3.09. The Morgan fingerprint density at radius 1 is 1.24 bits per heavy atom. The van der Waals surface area contributed by atoms with Crippen LogP contribution in [0, 0.1) is 0 Å². The lowest BCUT2D eigenvalue weighted by molar-refractivity contribution is -0.153. The van der Waals surface area contributed by atoms with Gasteiger partial charge in [0.2, 0.25) is 11.8 Å². The fourth-order valence-electron chi connectivity index (χ4n) is 5.05. The van der Waals surface area contributed by atoms with E-state index < -0.39 is 11.5 Å². The van der Waals surface area contributed by atoms with Crippen LogP contribution in [0.15, 0.2) is 0 Å². The molecule has 1 saturated heterocycles. The highest BCUT2D eigenvalue weighted by atomic mass is 35.5. The van der Waals surface area contributed by atoms with E-state index in [-0.39, 0.29) is 53.4 Å². The van der Waals surface area contributed by atoms with E-state index in [0.29, 0.717) is 19.4 Å². The Bertz CT molecular complexity index is 637. The minimum absolute atomic E-state index is 0.0229. The zero-order valence-corrected chi connectivity index (χ0v) is 18.1. The molecule has 5 fully saturated rings. The summed E-state index contributed by atoms with van der Waals surface area (Å²) in [5, 5.41) is 9.19. The van der Waals surface area contributed by atoms with Gasteiger partial charge in [-0.2, -0.15) is 0 Å². The summed E-state index contributed by atoms with van der Waals surface area (Å²) in [6.45, 7) is 0.520. The van der Waals surface area contributed by atoms with Crippen molar-refractivity contribution in [2.75, 3.05) is 26.1 Å². The van der Waals surface area contributed by atoms with E-state index in [1.165, 1.54) is 0 Å². The summed E-state index contributed by atoms with van der Waals surface area (Å²) in [5.74, 6) is 0.583. The molecule has 0 aromatic carbocycles. The van der Waals surface area contributed by atoms with Crippen LogP contribution >= 0.6 is 23.4 Å². The van der Waals surface area contributed by atoms with Crippen molar-refractivity contribution in [3.8, 4) is 0 Å². The van der Waals surface area contributed by atoms with Crippen molar-refractivity contribution in [3.05, 3.63) is 0 Å². The van der Waals surface area contributed by atoms with Gasteiger partial charge >= 0.3 is 0 Å². The van der Waals surface area contributed by atoms with Crippen LogP contribution in [0.2, 0.25) is 0 Å². The Morgan fingerprint density at radius 3 is 2.66 bits per heavy atom. The zero-order valence-electron chi connectivity index (χ0n) is 16.5. The molecule has 5 rings (SSSR count). The summed E-state index contributed by atoms with van der Waals surface area (Å²) < 4.78 is 24.4. The van der Waals surface area contributed by atoms with Crippen LogP contribution in [-0.4, -0.2) is 78.0 Å². The first-order chi connectivity index (χ1) is 13.8. The number of nitrogens with one attached hydrogen (secondary N) is 3. The number of rotatable bonds is 8. The molecule has 3 N–H and O–H groups in total. The third kappa shape index (κ3) is 4.69. The van der Waals surface area contributed by atoms with E-state index in [0.717, 1.165) is 25.0 Å². The predicted molar refractivity (Wildman–Crippen MR) is 109 cm³/mol. The number of hydrogen-bond donors (Lipinski definition) is 3. The van der Waals surface area contributed by atoms with E-state index in [4.69, 9.17) is 21.1 Å². The first-order valence-corrected chi connectivity index (χ1v) is 11.7. The van der Waals surface area contributed by atoms with Gasteiger partial charge in [-0.05, 0) is 32.1 Å². The molecular weight excluding hydrogens is 421 g/mol. The number of alkyl halides is 2. The van der Waals surface area contributed by atoms with Crippen LogP contribution in [-0.2, 0) is 19.1 Å². The van der Waals surface area contributed by atoms with Crippen molar-refractivity contribution in [1.29, 1.82) is 0 Å². The molecule has 2 amide bonds. The molecule has 29 heavy (non-hydrogen) atoms. The molecule has 4 saturated carbocycles. The number of carbonyl (C=O) groups is 2. The van der Waals surface area contributed by atoms with Crippen LogP contribution in [0.4, 0.5) is 4.39 Å². The fourth-order valence-corrected chi connectivity index (χ4v) is 6.45. The Morgan fingerprint density at radius 2 is 1.97 bits per heavy atom. The molecular formula is C19H29ClFN3O4S. The molecule has 4 aliphatic carbocycles. The molecule has 0 aromatic rings. The standard InChI is InChI=1S/C19H29ClFN3O4S/c1-27-6-16-22-14(7-29-16)17(26)24-19-8-18(9-19,10-19)23-15(25)5-28-11-2-3-12(20)13(21)4-11/h11-14,16,22H,2-10H2,1H3,(H,23,25)(H,24,26). The molecule has 5 atom stereocenters. The molecule has 5 aliphatic rings. The summed E-state index contributed by atoms with van der Waals surface area (Å²) in [6, 6.07) is -0.199. The van der Waals surface area contributed by atoms with Gasteiger partial charge in [-0.15, -0.1) is 23.4 Å². The zero-order chi connectivity index (χ0) is 20.6. The molecule has 5 unspecified atom stereocenters. The minimum atomic E-state index is -1.07. The van der Waals surface area contributed by atoms with Crippen molar-refractivity contribution in [2.45, 2.75) is 78.7 Å². The summed E-state index contributed by atoms with van der Waals surface area (Å²) in [6.07, 6.45) is 2.44. The van der Waals surface area contributed by atoms with Crippen LogP contribution in [0.1, 0.15) is 38.5 Å². The number of halogens is 2. The lowest BCUT2D eigenvalue weighted by Gasteiger charge is -2.70. The molecule has 1 heterocycles. The number of carbonyl (C=O) groups excluding carboxylic acids is 2. The van der Waals surface area contributed by atoms with Crippen LogP contribution < -0.4 is 16.0 Å². The highest BCUT2D eigenvalue weighted by Gasteiger charge is 2.69. The van der Waals surface area contributed by atoms with E-state index in [1.54, 1.807) is 18.9 Å². The van der Waals surface area contributed by atoms with Crippen molar-refractivity contribution >= 4 is 35.2 Å². The van der Waals surface area contributed by atoms with Crippen LogP contribution in [0.3, 0.4) is 0 Å². The third-order valence-electron chi connectivity index (χ3n) is 6.40. The second-order valence-corrected chi connectivity index (χ2v) is 10.7. The Kier molecular flexibility index (Phi) is 6.33. The van der Waals surface area contributed by atoms with Gasteiger partial charge in [0.05, 0.1) is 29.5 Å². The lowest BCUT2D eigenvalue weighted by atomic mass is 9.44. The maximum absolute atomic E-state index is 13.7. The van der Waals surface area contributed by atoms with Gasteiger partial charge in [-0.1, -0.05) is 0 Å². The SMILES string of the molecule is COCC1NC(C(=O)NC23CC(NC(=O)COC4CCC(Cl)C(F)C4)(C2)C3)CS1. The maximum atomic E-state index is 13.7. The summed E-state index contributed by atoms with van der Waals surface area (Å²) in [7, 11) is 1.65. The largest absolute Gasteiger partial charge is 0.382 e. The second kappa shape index (κ2) is 8.49. The average molecular weight is 450 g/mol. The Labute approximate surface area is 179 Å². The molecule has 2 bridgehead atoms. The third-order valence-corrected chi connectivity index (χ3v) is 8.10. The van der Waals surface area contributed by atoms with Crippen molar-refractivity contribution in [2.24, 2.45) is 0 Å². The number of amides is 2. The quantitative estimate of drug-likeness (QED) is 0.481. The van der Waals surface area contributed by atoms with Crippen molar-refractivity contribution in [1.82, 2.24) is 16.0 Å². The molecule has 1 aliphatic heterocycles. The molecule has 0 radical (unpaired) electrons. The number of hydrogen-bond acceptors (Lipinski definition) is 6. The minimum Gasteiger partial charge on any atom is -0.382 e. The van der Waals surface area contributed by atoms with Crippen molar-refractivity contribution in [3.63, 3.8) is 0 Å². The lowest BCUT2D eigenvalue weighted by Crippen LogP contribution is -2.84. The predicted octanol–water partition coefficient (Wildman–Crippen LogP) is 1.09. The van der Waals surface area contributed by atoms with Gasteiger partial charge in [-0.3, -0.25) is 14.9 Å². The van der Waals surface area contributed by atoms with E-state index in [9.17, 15) is 14.0 Å². The van der Waals surface area contributed by atoms with Crippen LogP contribution in [0.5, 0.6) is 0 Å². The van der Waals surface area contributed by atoms with Gasteiger partial charge in [0.15, 0.2) is 0 Å². The molecule has 10 heteroatoms. The second-order valence-electron chi connectivity index (χ2n) is 8.90. The monoisotopic (exact) mass is 449 g/mol. The van der Waals surface area contributed by atoms with E-state index >= 15 is 0 Å². The smallest absolute Gasteiger partial charge is 0.246 e. The number of ether oxygens (including phenoxy) is 2. The van der Waals surface area contributed by atoms with E-state index in [2.05, 4.69) is 16.0 Å². The topological polar surface area (TPSA) is 88.7 Å². The molecule has 0 spiro atoms. The first-order valence-electron chi connectivity index (χ1n) is 10.2. The maximum Gasteiger partial charge on any atom is 0.246 e. The fraction of sp³-hybridized carbons (Fsp3) is 0.895. The molecule has 7 nitrogen and oxygen atoms in total. The normalized spacial score (nSPS) is 43.2. The summed E-state index contributed by atoms with van der Waals surface area (Å²) in [4.78, 5) is 24.7. The van der Waals surface area contributed by atoms with E-state index in [1.807, 2.05) is 0 Å². The van der Waals surface area contributed by atoms with Crippen LogP contribution in [0.25, 0.3) is 0 Å². The van der Waals surface area contributed by atoms with Gasteiger partial charge in [0.25, 0.3) is 0 Å². The highest BCUT2D eigenvalue weighted by Crippen LogP contribution is 2.60. The first kappa shape index (κ1) is 21.6.